The largest absolute Gasteiger partial charge is 0.455 e. The lowest BCUT2D eigenvalue weighted by molar-refractivity contribution is 0.110. The Morgan fingerprint density at radius 2 is 1.93 bits per heavy atom. The first-order valence-electron chi connectivity index (χ1n) is 13.5. The summed E-state index contributed by atoms with van der Waals surface area (Å²) in [5, 5.41) is 7.28. The molecule has 5 rings (SSSR count). The number of fused-ring (bicyclic) bond motifs is 1. The van der Waals surface area contributed by atoms with Crippen LogP contribution in [-0.4, -0.2) is 57.7 Å². The van der Waals surface area contributed by atoms with Gasteiger partial charge in [-0.15, -0.1) is 0 Å². The summed E-state index contributed by atoms with van der Waals surface area (Å²) >= 11 is 0. The summed E-state index contributed by atoms with van der Waals surface area (Å²) in [4.78, 5) is 27.7. The molecule has 0 aliphatic carbocycles. The van der Waals surface area contributed by atoms with E-state index in [0.717, 1.165) is 45.6 Å². The Labute approximate surface area is 240 Å². The zero-order valence-electron chi connectivity index (χ0n) is 24.0. The molecule has 1 saturated heterocycles. The van der Waals surface area contributed by atoms with Crippen LogP contribution in [0.15, 0.2) is 61.1 Å². The van der Waals surface area contributed by atoms with E-state index in [-0.39, 0.29) is 12.1 Å². The van der Waals surface area contributed by atoms with E-state index in [1.54, 1.807) is 18.2 Å². The molecule has 9 heteroatoms. The Balaban J connectivity index is 1.31. The number of hydrogen-bond acceptors (Lipinski definition) is 7. The molecule has 9 nitrogen and oxygen atoms in total. The number of nitrogens with one attached hydrogen (secondary N) is 2. The van der Waals surface area contributed by atoms with Gasteiger partial charge in [-0.1, -0.05) is 11.8 Å². The first-order valence-corrected chi connectivity index (χ1v) is 13.5. The molecule has 2 amide bonds. The molecule has 1 aliphatic rings. The van der Waals surface area contributed by atoms with Crippen molar-refractivity contribution in [1.82, 2.24) is 25.2 Å². The molecule has 1 atom stereocenters. The molecule has 0 bridgehead atoms. The SMILES string of the molecule is COC1CCN(C(=O)NC(C)(C)C#Cc2ccc3ncnc(Nc4ccc(Oc5ccc(C)nc5)c(C)c4)c3c2)C1. The first-order chi connectivity index (χ1) is 19.7. The fourth-order valence-electron chi connectivity index (χ4n) is 4.57. The molecular formula is C32H34N6O3. The molecule has 2 aromatic heterocycles. The monoisotopic (exact) mass is 550 g/mol. The Morgan fingerprint density at radius 3 is 2.66 bits per heavy atom. The molecule has 1 fully saturated rings. The Morgan fingerprint density at radius 1 is 1.07 bits per heavy atom. The standard InChI is InChI=1S/C32H34N6O3/c1-21-16-24(8-11-29(21)41-25-9-6-22(2)33-18-25)36-30-27-17-23(7-10-28(27)34-20-35-30)12-14-32(3,4)37-31(39)38-15-13-26(19-38)40-5/h6-11,16-18,20,26H,13,15,19H2,1-5H3,(H,37,39)(H,34,35,36). The molecule has 1 unspecified atom stereocenters. The Hall–Kier alpha value is -4.68. The summed E-state index contributed by atoms with van der Waals surface area (Å²) in [5.74, 6) is 8.53. The minimum Gasteiger partial charge on any atom is -0.455 e. The minimum atomic E-state index is -0.721. The normalized spacial score (nSPS) is 14.9. The molecule has 4 aromatic rings. The van der Waals surface area contributed by atoms with Gasteiger partial charge in [-0.25, -0.2) is 14.8 Å². The van der Waals surface area contributed by atoms with Crippen molar-refractivity contribution in [1.29, 1.82) is 0 Å². The van der Waals surface area contributed by atoms with Crippen LogP contribution < -0.4 is 15.4 Å². The van der Waals surface area contributed by atoms with E-state index < -0.39 is 5.54 Å². The maximum Gasteiger partial charge on any atom is 0.318 e. The van der Waals surface area contributed by atoms with Gasteiger partial charge >= 0.3 is 6.03 Å². The average molecular weight is 551 g/mol. The molecule has 210 valence electrons. The minimum absolute atomic E-state index is 0.0870. The predicted molar refractivity (Wildman–Crippen MR) is 160 cm³/mol. The maximum absolute atomic E-state index is 12.7. The zero-order chi connectivity index (χ0) is 29.0. The second-order valence-corrected chi connectivity index (χ2v) is 10.7. The van der Waals surface area contributed by atoms with Gasteiger partial charge in [-0.2, -0.15) is 0 Å². The van der Waals surface area contributed by atoms with Crippen molar-refractivity contribution >= 4 is 28.4 Å². The number of amides is 2. The van der Waals surface area contributed by atoms with Crippen LogP contribution in [0, 0.1) is 25.7 Å². The van der Waals surface area contributed by atoms with Gasteiger partial charge in [0.25, 0.3) is 0 Å². The van der Waals surface area contributed by atoms with Crippen molar-refractivity contribution in [2.75, 3.05) is 25.5 Å². The third kappa shape index (κ3) is 6.91. The van der Waals surface area contributed by atoms with Gasteiger partial charge in [0.1, 0.15) is 23.6 Å². The number of carbonyl (C=O) groups is 1. The summed E-state index contributed by atoms with van der Waals surface area (Å²) in [6.45, 7) is 8.98. The second-order valence-electron chi connectivity index (χ2n) is 10.7. The topological polar surface area (TPSA) is 102 Å². The highest BCUT2D eigenvalue weighted by molar-refractivity contribution is 5.91. The number of likely N-dealkylation sites (tertiary alicyclic amines) is 1. The zero-order valence-corrected chi connectivity index (χ0v) is 24.0. The smallest absolute Gasteiger partial charge is 0.318 e. The predicted octanol–water partition coefficient (Wildman–Crippen LogP) is 5.74. The number of aryl methyl sites for hydroxylation is 2. The van der Waals surface area contributed by atoms with Crippen molar-refractivity contribution in [3.63, 3.8) is 0 Å². The summed E-state index contributed by atoms with van der Waals surface area (Å²) in [5.41, 5.74) is 3.65. The molecule has 3 heterocycles. The van der Waals surface area contributed by atoms with Gasteiger partial charge in [-0.3, -0.25) is 4.98 Å². The van der Waals surface area contributed by atoms with E-state index in [1.165, 1.54) is 6.33 Å². The number of urea groups is 1. The molecule has 2 aromatic carbocycles. The van der Waals surface area contributed by atoms with Gasteiger partial charge in [-0.05, 0) is 88.2 Å². The number of nitrogens with zero attached hydrogens (tertiary/aromatic N) is 4. The fraction of sp³-hybridized carbons (Fsp3) is 0.312. The van der Waals surface area contributed by atoms with Crippen molar-refractivity contribution in [2.24, 2.45) is 0 Å². The lowest BCUT2D eigenvalue weighted by Gasteiger charge is -2.24. The molecule has 1 aliphatic heterocycles. The molecule has 0 spiro atoms. The molecule has 0 radical (unpaired) electrons. The number of hydrogen-bond donors (Lipinski definition) is 2. The molecule has 2 N–H and O–H groups in total. The van der Waals surface area contributed by atoms with Crippen LogP contribution in [0.1, 0.15) is 37.1 Å². The fourth-order valence-corrected chi connectivity index (χ4v) is 4.57. The molecular weight excluding hydrogens is 516 g/mol. The van der Waals surface area contributed by atoms with Crippen molar-refractivity contribution in [2.45, 2.75) is 45.8 Å². The molecule has 0 saturated carbocycles. The Kier molecular flexibility index (Phi) is 8.04. The summed E-state index contributed by atoms with van der Waals surface area (Å²) < 4.78 is 11.4. The van der Waals surface area contributed by atoms with E-state index in [9.17, 15) is 4.79 Å². The van der Waals surface area contributed by atoms with Gasteiger partial charge < -0.3 is 25.0 Å². The van der Waals surface area contributed by atoms with E-state index in [0.29, 0.717) is 24.7 Å². The van der Waals surface area contributed by atoms with E-state index in [4.69, 9.17) is 9.47 Å². The van der Waals surface area contributed by atoms with E-state index in [1.807, 2.05) is 76.2 Å². The molecule has 41 heavy (non-hydrogen) atoms. The summed E-state index contributed by atoms with van der Waals surface area (Å²) in [7, 11) is 1.68. The van der Waals surface area contributed by atoms with Crippen molar-refractivity contribution < 1.29 is 14.3 Å². The van der Waals surface area contributed by atoms with Crippen LogP contribution in [0.4, 0.5) is 16.3 Å². The summed E-state index contributed by atoms with van der Waals surface area (Å²) in [6.07, 6.45) is 4.18. The van der Waals surface area contributed by atoms with Crippen LogP contribution in [0.25, 0.3) is 10.9 Å². The number of benzene rings is 2. The third-order valence-electron chi connectivity index (χ3n) is 6.89. The second kappa shape index (κ2) is 11.8. The number of aromatic nitrogens is 3. The van der Waals surface area contributed by atoms with E-state index >= 15 is 0 Å². The highest BCUT2D eigenvalue weighted by Gasteiger charge is 2.28. The maximum atomic E-state index is 12.7. The van der Waals surface area contributed by atoms with Crippen LogP contribution in [-0.2, 0) is 4.74 Å². The van der Waals surface area contributed by atoms with Crippen LogP contribution in [0.2, 0.25) is 0 Å². The number of methoxy groups -OCH3 is 1. The van der Waals surface area contributed by atoms with E-state index in [2.05, 4.69) is 37.4 Å². The number of anilines is 2. The van der Waals surface area contributed by atoms with Gasteiger partial charge in [0.15, 0.2) is 0 Å². The average Bonchev–Trinajstić information content (AvgIpc) is 3.44. The highest BCUT2D eigenvalue weighted by Crippen LogP contribution is 2.30. The summed E-state index contributed by atoms with van der Waals surface area (Å²) in [6, 6.07) is 15.4. The highest BCUT2D eigenvalue weighted by atomic mass is 16.5. The first kappa shape index (κ1) is 27.9. The Bertz CT molecular complexity index is 1620. The van der Waals surface area contributed by atoms with Gasteiger partial charge in [0.2, 0.25) is 0 Å². The van der Waals surface area contributed by atoms with Crippen molar-refractivity contribution in [3.05, 3.63) is 77.9 Å². The number of rotatable bonds is 6. The third-order valence-corrected chi connectivity index (χ3v) is 6.89. The number of carbonyl (C=O) groups excluding carboxylic acids is 1. The lowest BCUT2D eigenvalue weighted by atomic mass is 10.1. The van der Waals surface area contributed by atoms with Crippen LogP contribution in [0.3, 0.4) is 0 Å². The van der Waals surface area contributed by atoms with Crippen LogP contribution >= 0.6 is 0 Å². The number of ether oxygens (including phenoxy) is 2. The van der Waals surface area contributed by atoms with Gasteiger partial charge in [0.05, 0.1) is 23.4 Å². The van der Waals surface area contributed by atoms with Gasteiger partial charge in [0, 0.05) is 42.5 Å². The number of pyridine rings is 1. The quantitative estimate of drug-likeness (QED) is 0.295. The van der Waals surface area contributed by atoms with Crippen molar-refractivity contribution in [3.8, 4) is 23.3 Å². The van der Waals surface area contributed by atoms with Crippen LogP contribution in [0.5, 0.6) is 11.5 Å². The lowest BCUT2D eigenvalue weighted by Crippen LogP contribution is -2.49.